The summed E-state index contributed by atoms with van der Waals surface area (Å²) < 4.78 is 2.94. The Balaban J connectivity index is 1.31. The van der Waals surface area contributed by atoms with Crippen molar-refractivity contribution in [1.82, 2.24) is 19.0 Å². The average molecular weight is 451 g/mol. The summed E-state index contributed by atoms with van der Waals surface area (Å²) in [6.45, 7) is 6.23. The molecule has 1 aliphatic rings. The fraction of sp³-hybridized carbons (Fsp3) is 0.417. The zero-order valence-electron chi connectivity index (χ0n) is 19.5. The van der Waals surface area contributed by atoms with Crippen molar-refractivity contribution in [3.05, 3.63) is 52.4 Å². The molecule has 2 amide bonds. The van der Waals surface area contributed by atoms with Crippen LogP contribution in [0.15, 0.2) is 41.2 Å². The maximum Gasteiger partial charge on any atom is 0.329 e. The summed E-state index contributed by atoms with van der Waals surface area (Å²) in [5.74, 6) is 0.0684. The van der Waals surface area contributed by atoms with Crippen LogP contribution in [-0.4, -0.2) is 56.5 Å². The number of fused-ring (bicyclic) bond motifs is 1. The van der Waals surface area contributed by atoms with E-state index in [0.29, 0.717) is 30.1 Å². The van der Waals surface area contributed by atoms with Gasteiger partial charge < -0.3 is 15.1 Å². The number of pyridine rings is 1. The number of rotatable bonds is 5. The zero-order chi connectivity index (χ0) is 23.7. The van der Waals surface area contributed by atoms with E-state index in [-0.39, 0.29) is 36.4 Å². The molecule has 33 heavy (non-hydrogen) atoms. The van der Waals surface area contributed by atoms with Gasteiger partial charge in [-0.2, -0.15) is 0 Å². The van der Waals surface area contributed by atoms with Crippen molar-refractivity contribution in [3.8, 4) is 0 Å². The summed E-state index contributed by atoms with van der Waals surface area (Å²) in [4.78, 5) is 45.7. The quantitative estimate of drug-likeness (QED) is 0.642. The third kappa shape index (κ3) is 4.62. The number of amides is 2. The number of carbonyl (C=O) groups is 2. The van der Waals surface area contributed by atoms with Crippen molar-refractivity contribution in [2.45, 2.75) is 32.7 Å². The lowest BCUT2D eigenvalue weighted by atomic mass is 10.1. The molecule has 1 N–H and O–H groups in total. The van der Waals surface area contributed by atoms with Crippen LogP contribution in [0.25, 0.3) is 11.2 Å². The van der Waals surface area contributed by atoms with Gasteiger partial charge in [0.1, 0.15) is 5.82 Å². The molecule has 1 fully saturated rings. The summed E-state index contributed by atoms with van der Waals surface area (Å²) in [5.41, 5.74) is 3.40. The highest BCUT2D eigenvalue weighted by atomic mass is 16.2. The molecule has 0 radical (unpaired) electrons. The molecule has 3 heterocycles. The van der Waals surface area contributed by atoms with Crippen LogP contribution in [0.3, 0.4) is 0 Å². The smallest absolute Gasteiger partial charge is 0.329 e. The Labute approximate surface area is 192 Å². The highest BCUT2D eigenvalue weighted by Crippen LogP contribution is 2.22. The average Bonchev–Trinajstić information content (AvgIpc) is 3.01. The highest BCUT2D eigenvalue weighted by Gasteiger charge is 2.27. The number of piperazine rings is 1. The molecule has 0 spiro atoms. The maximum atomic E-state index is 12.7. The number of carbonyl (C=O) groups excluding carboxylic acids is 2. The van der Waals surface area contributed by atoms with Crippen molar-refractivity contribution in [2.24, 2.45) is 14.1 Å². The normalized spacial score (nSPS) is 16.3. The number of imidazole rings is 1. The fourth-order valence-electron chi connectivity index (χ4n) is 4.40. The monoisotopic (exact) mass is 450 g/mol. The van der Waals surface area contributed by atoms with Crippen LogP contribution in [0, 0.1) is 6.92 Å². The molecular formula is C24H30N6O3. The minimum absolute atomic E-state index is 0.0187. The van der Waals surface area contributed by atoms with Crippen LogP contribution >= 0.6 is 0 Å². The van der Waals surface area contributed by atoms with E-state index in [9.17, 15) is 14.4 Å². The standard InChI is InChI=1S/C24H30N6O3/c1-16-6-5-7-18(14-16)30-13-12-29(15-17(30)2)22(32)11-10-21(31)25-20-9-8-19-23(26-20)28(4)24(33)27(19)3/h5-9,14,17H,10-13,15H2,1-4H3,(H,25,26,31). The Kier molecular flexibility index (Phi) is 6.22. The summed E-state index contributed by atoms with van der Waals surface area (Å²) in [5, 5.41) is 2.74. The van der Waals surface area contributed by atoms with E-state index in [0.717, 1.165) is 6.54 Å². The number of benzene rings is 1. The van der Waals surface area contributed by atoms with Crippen molar-refractivity contribution in [2.75, 3.05) is 29.9 Å². The Hall–Kier alpha value is -3.62. The number of aromatic nitrogens is 3. The summed E-state index contributed by atoms with van der Waals surface area (Å²) in [6, 6.07) is 12.0. The molecule has 1 aliphatic heterocycles. The number of hydrogen-bond acceptors (Lipinski definition) is 5. The lowest BCUT2D eigenvalue weighted by molar-refractivity contribution is -0.133. The third-order valence-electron chi connectivity index (χ3n) is 6.25. The molecule has 3 aromatic rings. The van der Waals surface area contributed by atoms with E-state index >= 15 is 0 Å². The van der Waals surface area contributed by atoms with Gasteiger partial charge in [-0.15, -0.1) is 0 Å². The molecule has 0 saturated carbocycles. The largest absolute Gasteiger partial charge is 0.365 e. The van der Waals surface area contributed by atoms with Gasteiger partial charge in [0.25, 0.3) is 0 Å². The first-order chi connectivity index (χ1) is 15.7. The van der Waals surface area contributed by atoms with Gasteiger partial charge in [-0.05, 0) is 43.7 Å². The highest BCUT2D eigenvalue weighted by molar-refractivity contribution is 5.93. The Morgan fingerprint density at radius 1 is 1.09 bits per heavy atom. The van der Waals surface area contributed by atoms with Crippen LogP contribution in [0.4, 0.5) is 11.5 Å². The first kappa shape index (κ1) is 22.6. The van der Waals surface area contributed by atoms with Gasteiger partial charge in [-0.3, -0.25) is 18.7 Å². The van der Waals surface area contributed by atoms with Gasteiger partial charge >= 0.3 is 5.69 Å². The predicted molar refractivity (Wildman–Crippen MR) is 128 cm³/mol. The van der Waals surface area contributed by atoms with E-state index in [2.05, 4.69) is 53.3 Å². The Morgan fingerprint density at radius 2 is 1.88 bits per heavy atom. The van der Waals surface area contributed by atoms with Gasteiger partial charge in [0.05, 0.1) is 5.52 Å². The van der Waals surface area contributed by atoms with Crippen LogP contribution in [0.2, 0.25) is 0 Å². The summed E-state index contributed by atoms with van der Waals surface area (Å²) in [6.07, 6.45) is 0.230. The van der Waals surface area contributed by atoms with E-state index in [1.807, 2.05) is 4.90 Å². The zero-order valence-corrected chi connectivity index (χ0v) is 19.5. The first-order valence-electron chi connectivity index (χ1n) is 11.2. The number of anilines is 2. The second-order valence-corrected chi connectivity index (χ2v) is 8.71. The lowest BCUT2D eigenvalue weighted by Crippen LogP contribution is -2.53. The van der Waals surface area contributed by atoms with Crippen LogP contribution in [0.5, 0.6) is 0 Å². The number of hydrogen-bond donors (Lipinski definition) is 1. The molecule has 1 atom stereocenters. The molecule has 0 aliphatic carbocycles. The van der Waals surface area contributed by atoms with Gasteiger partial charge in [-0.25, -0.2) is 9.78 Å². The second-order valence-electron chi connectivity index (χ2n) is 8.71. The van der Waals surface area contributed by atoms with Crippen molar-refractivity contribution in [3.63, 3.8) is 0 Å². The number of nitrogens with zero attached hydrogens (tertiary/aromatic N) is 5. The first-order valence-corrected chi connectivity index (χ1v) is 11.2. The molecule has 1 aromatic carbocycles. The van der Waals surface area contributed by atoms with E-state index in [4.69, 9.17) is 0 Å². The molecule has 174 valence electrons. The van der Waals surface area contributed by atoms with Crippen LogP contribution in [0.1, 0.15) is 25.3 Å². The summed E-state index contributed by atoms with van der Waals surface area (Å²) >= 11 is 0. The molecule has 9 heteroatoms. The Morgan fingerprint density at radius 3 is 2.61 bits per heavy atom. The van der Waals surface area contributed by atoms with Crippen molar-refractivity contribution in [1.29, 1.82) is 0 Å². The lowest BCUT2D eigenvalue weighted by Gasteiger charge is -2.41. The third-order valence-corrected chi connectivity index (χ3v) is 6.25. The SMILES string of the molecule is Cc1cccc(N2CCN(C(=O)CCC(=O)Nc3ccc4c(n3)n(C)c(=O)n4C)CC2C)c1. The van der Waals surface area contributed by atoms with Crippen LogP contribution in [-0.2, 0) is 23.7 Å². The molecule has 0 bridgehead atoms. The number of aryl methyl sites for hydroxylation is 3. The molecule has 1 unspecified atom stereocenters. The van der Waals surface area contributed by atoms with Crippen molar-refractivity contribution < 1.29 is 9.59 Å². The van der Waals surface area contributed by atoms with Crippen molar-refractivity contribution >= 4 is 34.5 Å². The fourth-order valence-corrected chi connectivity index (χ4v) is 4.40. The topological polar surface area (TPSA) is 92.5 Å². The van der Waals surface area contributed by atoms with Gasteiger partial charge in [0.2, 0.25) is 11.8 Å². The van der Waals surface area contributed by atoms with Crippen LogP contribution < -0.4 is 15.9 Å². The van der Waals surface area contributed by atoms with Gasteiger partial charge in [0, 0.05) is 58.3 Å². The summed E-state index contributed by atoms with van der Waals surface area (Å²) in [7, 11) is 3.32. The molecule has 1 saturated heterocycles. The molecule has 4 rings (SSSR count). The molecule has 9 nitrogen and oxygen atoms in total. The predicted octanol–water partition coefficient (Wildman–Crippen LogP) is 2.04. The second kappa shape index (κ2) is 9.09. The van der Waals surface area contributed by atoms with E-state index in [1.165, 1.54) is 20.4 Å². The molecule has 2 aromatic heterocycles. The van der Waals surface area contributed by atoms with E-state index in [1.54, 1.807) is 26.2 Å². The van der Waals surface area contributed by atoms with Gasteiger partial charge in [0.15, 0.2) is 5.65 Å². The minimum Gasteiger partial charge on any atom is -0.365 e. The van der Waals surface area contributed by atoms with E-state index < -0.39 is 0 Å². The minimum atomic E-state index is -0.275. The van der Waals surface area contributed by atoms with Gasteiger partial charge in [-0.1, -0.05) is 12.1 Å². The maximum absolute atomic E-state index is 12.7. The Bertz CT molecular complexity index is 1260. The number of nitrogens with one attached hydrogen (secondary N) is 1. The molecular weight excluding hydrogens is 420 g/mol.